The summed E-state index contributed by atoms with van der Waals surface area (Å²) in [7, 11) is 0. The number of nitriles is 1. The Morgan fingerprint density at radius 2 is 1.96 bits per heavy atom. The highest BCUT2D eigenvalue weighted by Crippen LogP contribution is 2.31. The lowest BCUT2D eigenvalue weighted by atomic mass is 9.95. The molecule has 0 bridgehead atoms. The van der Waals surface area contributed by atoms with Gasteiger partial charge in [0.15, 0.2) is 5.13 Å². The number of nitrogens with zero attached hydrogens (tertiary/aromatic N) is 2. The van der Waals surface area contributed by atoms with Gasteiger partial charge in [-0.15, -0.1) is 0 Å². The highest BCUT2D eigenvalue weighted by molar-refractivity contribution is 7.22. The minimum Gasteiger partial charge on any atom is -0.457 e. The number of fused-ring (bicyclic) bond motifs is 1. The molecule has 2 aromatic carbocycles. The van der Waals surface area contributed by atoms with Crippen LogP contribution in [0.2, 0.25) is 0 Å². The molecule has 0 saturated carbocycles. The van der Waals surface area contributed by atoms with Crippen molar-refractivity contribution in [2.24, 2.45) is 5.41 Å². The molecular formula is C18H15N3O2S. The first-order valence-electron chi connectivity index (χ1n) is 7.34. The summed E-state index contributed by atoms with van der Waals surface area (Å²) in [6, 6.07) is 17.0. The van der Waals surface area contributed by atoms with Crippen LogP contribution in [0.4, 0.5) is 5.13 Å². The van der Waals surface area contributed by atoms with Crippen LogP contribution in [-0.4, -0.2) is 10.9 Å². The Kier molecular flexibility index (Phi) is 4.19. The van der Waals surface area contributed by atoms with Crippen LogP contribution in [0.1, 0.15) is 13.8 Å². The average Bonchev–Trinajstić information content (AvgIpc) is 2.97. The van der Waals surface area contributed by atoms with Gasteiger partial charge in [0.2, 0.25) is 5.91 Å². The molecule has 24 heavy (non-hydrogen) atoms. The number of amides is 1. The van der Waals surface area contributed by atoms with Crippen LogP contribution in [-0.2, 0) is 4.79 Å². The van der Waals surface area contributed by atoms with Gasteiger partial charge in [0.1, 0.15) is 16.9 Å². The Morgan fingerprint density at radius 3 is 2.67 bits per heavy atom. The summed E-state index contributed by atoms with van der Waals surface area (Å²) >= 11 is 1.34. The monoisotopic (exact) mass is 337 g/mol. The fraction of sp³-hybridized carbons (Fsp3) is 0.167. The number of benzene rings is 2. The normalized spacial score (nSPS) is 11.0. The van der Waals surface area contributed by atoms with Crippen molar-refractivity contribution in [1.82, 2.24) is 4.98 Å². The van der Waals surface area contributed by atoms with E-state index < -0.39 is 5.41 Å². The number of aromatic nitrogens is 1. The number of para-hydroxylation sites is 1. The molecule has 120 valence electrons. The van der Waals surface area contributed by atoms with Crippen LogP contribution < -0.4 is 10.1 Å². The summed E-state index contributed by atoms with van der Waals surface area (Å²) < 4.78 is 6.69. The van der Waals surface area contributed by atoms with Gasteiger partial charge in [-0.1, -0.05) is 29.5 Å². The summed E-state index contributed by atoms with van der Waals surface area (Å²) in [6.07, 6.45) is 0. The summed E-state index contributed by atoms with van der Waals surface area (Å²) in [6.45, 7) is 3.14. The van der Waals surface area contributed by atoms with Gasteiger partial charge in [0.05, 0.1) is 16.3 Å². The molecule has 0 atom stereocenters. The van der Waals surface area contributed by atoms with Gasteiger partial charge in [-0.05, 0) is 38.1 Å². The fourth-order valence-electron chi connectivity index (χ4n) is 1.95. The molecule has 0 aliphatic rings. The molecule has 1 N–H and O–H groups in total. The minimum atomic E-state index is -1.10. The Bertz CT molecular complexity index is 926. The van der Waals surface area contributed by atoms with Crippen LogP contribution in [0.25, 0.3) is 10.2 Å². The maximum absolute atomic E-state index is 12.1. The molecule has 5 nitrogen and oxygen atoms in total. The molecule has 6 heteroatoms. The number of carbonyl (C=O) groups is 1. The van der Waals surface area contributed by atoms with Crippen molar-refractivity contribution in [2.45, 2.75) is 13.8 Å². The van der Waals surface area contributed by atoms with Crippen molar-refractivity contribution >= 4 is 32.6 Å². The maximum Gasteiger partial charge on any atom is 0.246 e. The number of hydrogen-bond acceptors (Lipinski definition) is 5. The Hall–Kier alpha value is -2.91. The molecule has 0 unspecified atom stereocenters. The highest BCUT2D eigenvalue weighted by Gasteiger charge is 2.28. The molecule has 3 rings (SSSR count). The van der Waals surface area contributed by atoms with Gasteiger partial charge in [0, 0.05) is 6.07 Å². The van der Waals surface area contributed by atoms with Gasteiger partial charge in [-0.25, -0.2) is 4.98 Å². The summed E-state index contributed by atoms with van der Waals surface area (Å²) in [5, 5.41) is 12.2. The van der Waals surface area contributed by atoms with Crippen LogP contribution >= 0.6 is 11.3 Å². The van der Waals surface area contributed by atoms with E-state index in [2.05, 4.69) is 10.3 Å². The SMILES string of the molecule is CC(C)(C#N)C(=O)Nc1nc2ccc(Oc3ccccc3)cc2s1. The molecule has 1 amide bonds. The Balaban J connectivity index is 1.82. The van der Waals surface area contributed by atoms with Crippen molar-refractivity contribution in [3.63, 3.8) is 0 Å². The molecule has 3 aromatic rings. The maximum atomic E-state index is 12.1. The van der Waals surface area contributed by atoms with Gasteiger partial charge < -0.3 is 10.1 Å². The Morgan fingerprint density at radius 1 is 1.21 bits per heavy atom. The van der Waals surface area contributed by atoms with E-state index in [1.165, 1.54) is 11.3 Å². The third kappa shape index (κ3) is 3.36. The van der Waals surface area contributed by atoms with Crippen LogP contribution in [0.5, 0.6) is 11.5 Å². The molecular weight excluding hydrogens is 322 g/mol. The second kappa shape index (κ2) is 6.30. The number of ether oxygens (including phenoxy) is 1. The number of hydrogen-bond donors (Lipinski definition) is 1. The van der Waals surface area contributed by atoms with E-state index in [4.69, 9.17) is 10.00 Å². The number of anilines is 1. The summed E-state index contributed by atoms with van der Waals surface area (Å²) in [4.78, 5) is 16.4. The topological polar surface area (TPSA) is 75.0 Å². The van der Waals surface area contributed by atoms with E-state index in [0.717, 1.165) is 16.0 Å². The molecule has 1 aromatic heterocycles. The van der Waals surface area contributed by atoms with Crippen LogP contribution in [0.15, 0.2) is 48.5 Å². The molecule has 0 radical (unpaired) electrons. The molecule has 0 aliphatic heterocycles. The van der Waals surface area contributed by atoms with E-state index in [0.29, 0.717) is 10.9 Å². The third-order valence-corrected chi connectivity index (χ3v) is 4.34. The lowest BCUT2D eigenvalue weighted by Gasteiger charge is -2.12. The predicted molar refractivity (Wildman–Crippen MR) is 94.2 cm³/mol. The van der Waals surface area contributed by atoms with Crippen molar-refractivity contribution in [2.75, 3.05) is 5.32 Å². The quantitative estimate of drug-likeness (QED) is 0.756. The highest BCUT2D eigenvalue weighted by atomic mass is 32.1. The van der Waals surface area contributed by atoms with Crippen molar-refractivity contribution < 1.29 is 9.53 Å². The lowest BCUT2D eigenvalue weighted by molar-refractivity contribution is -0.121. The van der Waals surface area contributed by atoms with Crippen molar-refractivity contribution in [3.8, 4) is 17.6 Å². The van der Waals surface area contributed by atoms with Crippen LogP contribution in [0, 0.1) is 16.7 Å². The van der Waals surface area contributed by atoms with Gasteiger partial charge in [-0.3, -0.25) is 4.79 Å². The summed E-state index contributed by atoms with van der Waals surface area (Å²) in [5.41, 5.74) is -0.329. The van der Waals surface area contributed by atoms with Gasteiger partial charge in [-0.2, -0.15) is 5.26 Å². The third-order valence-electron chi connectivity index (χ3n) is 3.41. The molecule has 0 aliphatic carbocycles. The number of thiazole rings is 1. The van der Waals surface area contributed by atoms with Gasteiger partial charge >= 0.3 is 0 Å². The first-order valence-corrected chi connectivity index (χ1v) is 8.16. The minimum absolute atomic E-state index is 0.371. The van der Waals surface area contributed by atoms with E-state index in [1.807, 2.05) is 54.6 Å². The lowest BCUT2D eigenvalue weighted by Crippen LogP contribution is -2.29. The standard InChI is InChI=1S/C18H15N3O2S/c1-18(2,11-19)16(22)21-17-20-14-9-8-13(10-15(14)24-17)23-12-6-4-3-5-7-12/h3-10H,1-2H3,(H,20,21,22). The van der Waals surface area contributed by atoms with E-state index in [9.17, 15) is 4.79 Å². The smallest absolute Gasteiger partial charge is 0.246 e. The molecule has 0 spiro atoms. The zero-order chi connectivity index (χ0) is 17.2. The van der Waals surface area contributed by atoms with E-state index in [1.54, 1.807) is 13.8 Å². The number of carbonyl (C=O) groups excluding carboxylic acids is 1. The van der Waals surface area contributed by atoms with E-state index in [-0.39, 0.29) is 5.91 Å². The zero-order valence-corrected chi connectivity index (χ0v) is 14.1. The predicted octanol–water partition coefficient (Wildman–Crippen LogP) is 4.58. The first-order chi connectivity index (χ1) is 11.5. The average molecular weight is 337 g/mol. The number of nitrogens with one attached hydrogen (secondary N) is 1. The molecule has 0 fully saturated rings. The second-order valence-corrected chi connectivity index (χ2v) is 6.79. The zero-order valence-electron chi connectivity index (χ0n) is 13.2. The largest absolute Gasteiger partial charge is 0.457 e. The molecule has 0 saturated heterocycles. The van der Waals surface area contributed by atoms with Crippen molar-refractivity contribution in [3.05, 3.63) is 48.5 Å². The Labute approximate surface area is 143 Å². The van der Waals surface area contributed by atoms with Gasteiger partial charge in [0.25, 0.3) is 0 Å². The molecule has 1 heterocycles. The van der Waals surface area contributed by atoms with E-state index >= 15 is 0 Å². The second-order valence-electron chi connectivity index (χ2n) is 5.75. The first kappa shape index (κ1) is 16.0. The fourth-order valence-corrected chi connectivity index (χ4v) is 2.84. The van der Waals surface area contributed by atoms with Crippen molar-refractivity contribution in [1.29, 1.82) is 5.26 Å². The number of rotatable bonds is 4. The summed E-state index contributed by atoms with van der Waals surface area (Å²) in [5.74, 6) is 1.09. The van der Waals surface area contributed by atoms with Crippen LogP contribution in [0.3, 0.4) is 0 Å².